The molecule has 1 aliphatic carbocycles. The molecule has 1 N–H and O–H groups in total. The first-order valence-corrected chi connectivity index (χ1v) is 8.23. The summed E-state index contributed by atoms with van der Waals surface area (Å²) in [6.07, 6.45) is 6.81. The number of hydrogen-bond acceptors (Lipinski definition) is 4. The minimum Gasteiger partial charge on any atom is -0.390 e. The highest BCUT2D eigenvalue weighted by atomic mass is 16.5. The zero-order valence-corrected chi connectivity index (χ0v) is 12.6. The van der Waals surface area contributed by atoms with E-state index in [1.54, 1.807) is 0 Å². The Hall–Kier alpha value is -0.160. The van der Waals surface area contributed by atoms with Gasteiger partial charge in [0.2, 0.25) is 0 Å². The van der Waals surface area contributed by atoms with Crippen LogP contribution in [0.25, 0.3) is 0 Å². The maximum atomic E-state index is 11.0. The summed E-state index contributed by atoms with van der Waals surface area (Å²) in [5.41, 5.74) is -0.303. The van der Waals surface area contributed by atoms with E-state index in [-0.39, 0.29) is 17.3 Å². The van der Waals surface area contributed by atoms with E-state index < -0.39 is 0 Å². The highest BCUT2D eigenvalue weighted by Crippen LogP contribution is 2.47. The summed E-state index contributed by atoms with van der Waals surface area (Å²) in [7, 11) is 0. The van der Waals surface area contributed by atoms with Crippen LogP contribution < -0.4 is 0 Å². The molecule has 2 unspecified atom stereocenters. The molecule has 116 valence electrons. The molecule has 1 spiro atoms. The van der Waals surface area contributed by atoms with Crippen molar-refractivity contribution in [1.82, 2.24) is 0 Å². The van der Waals surface area contributed by atoms with Crippen LogP contribution in [0.5, 0.6) is 0 Å². The largest absolute Gasteiger partial charge is 0.390 e. The molecule has 4 heteroatoms. The van der Waals surface area contributed by atoms with Crippen LogP contribution in [0.15, 0.2) is 0 Å². The molecule has 0 amide bonds. The van der Waals surface area contributed by atoms with E-state index >= 15 is 0 Å². The molecule has 0 bridgehead atoms. The van der Waals surface area contributed by atoms with Crippen LogP contribution in [-0.4, -0.2) is 48.8 Å². The summed E-state index contributed by atoms with van der Waals surface area (Å²) in [6, 6.07) is 0. The quantitative estimate of drug-likeness (QED) is 0.860. The Labute approximate surface area is 121 Å². The van der Waals surface area contributed by atoms with Crippen molar-refractivity contribution in [3.05, 3.63) is 0 Å². The smallest absolute Gasteiger partial charge is 0.0986 e. The van der Waals surface area contributed by atoms with Gasteiger partial charge in [0.15, 0.2) is 0 Å². The Balaban J connectivity index is 1.70. The van der Waals surface area contributed by atoms with Gasteiger partial charge in [-0.15, -0.1) is 0 Å². The van der Waals surface area contributed by atoms with Crippen molar-refractivity contribution in [2.75, 3.05) is 26.4 Å². The molecule has 4 nitrogen and oxygen atoms in total. The highest BCUT2D eigenvalue weighted by Gasteiger charge is 2.50. The van der Waals surface area contributed by atoms with Crippen molar-refractivity contribution in [2.45, 2.75) is 69.2 Å². The van der Waals surface area contributed by atoms with Gasteiger partial charge in [-0.05, 0) is 44.9 Å². The molecule has 0 aromatic rings. The van der Waals surface area contributed by atoms with Crippen LogP contribution in [0.1, 0.15) is 51.9 Å². The van der Waals surface area contributed by atoms with E-state index in [1.807, 2.05) is 6.92 Å². The minimum atomic E-state index is -0.389. The monoisotopic (exact) mass is 284 g/mol. The topological polar surface area (TPSA) is 47.9 Å². The van der Waals surface area contributed by atoms with Gasteiger partial charge in [-0.2, -0.15) is 0 Å². The second kappa shape index (κ2) is 5.91. The third kappa shape index (κ3) is 2.63. The third-order valence-corrected chi connectivity index (χ3v) is 5.55. The van der Waals surface area contributed by atoms with Gasteiger partial charge < -0.3 is 19.3 Å². The number of aliphatic hydroxyl groups excluding tert-OH is 1. The summed E-state index contributed by atoms with van der Waals surface area (Å²) in [5.74, 6) is 0.314. The summed E-state index contributed by atoms with van der Waals surface area (Å²) in [6.45, 7) is 4.87. The molecular weight excluding hydrogens is 256 g/mol. The van der Waals surface area contributed by atoms with E-state index in [2.05, 4.69) is 0 Å². The molecule has 2 aliphatic heterocycles. The number of ether oxygens (including phenoxy) is 3. The zero-order chi connectivity index (χ0) is 14.1. The van der Waals surface area contributed by atoms with Gasteiger partial charge in [-0.25, -0.2) is 0 Å². The van der Waals surface area contributed by atoms with Gasteiger partial charge in [0.1, 0.15) is 0 Å². The normalized spacial score (nSPS) is 33.6. The lowest BCUT2D eigenvalue weighted by Crippen LogP contribution is -2.56. The summed E-state index contributed by atoms with van der Waals surface area (Å²) < 4.78 is 17.5. The second-order valence-corrected chi connectivity index (χ2v) is 6.69. The molecule has 1 saturated carbocycles. The molecule has 0 radical (unpaired) electrons. The highest BCUT2D eigenvalue weighted by molar-refractivity contribution is 5.00. The van der Waals surface area contributed by atoms with Crippen molar-refractivity contribution in [2.24, 2.45) is 5.92 Å². The van der Waals surface area contributed by atoms with Gasteiger partial charge in [0.05, 0.1) is 17.3 Å². The number of hydrogen-bond donors (Lipinski definition) is 1. The van der Waals surface area contributed by atoms with Gasteiger partial charge in [0, 0.05) is 39.3 Å². The summed E-state index contributed by atoms with van der Waals surface area (Å²) >= 11 is 0. The molecule has 3 rings (SSSR count). The molecule has 2 heterocycles. The van der Waals surface area contributed by atoms with Crippen molar-refractivity contribution in [1.29, 1.82) is 0 Å². The van der Waals surface area contributed by atoms with Gasteiger partial charge in [-0.3, -0.25) is 0 Å². The van der Waals surface area contributed by atoms with E-state index in [0.29, 0.717) is 25.7 Å². The molecule has 2 saturated heterocycles. The van der Waals surface area contributed by atoms with E-state index in [1.165, 1.54) is 19.3 Å². The van der Waals surface area contributed by atoms with Crippen LogP contribution in [-0.2, 0) is 14.2 Å². The Kier molecular flexibility index (Phi) is 4.37. The fraction of sp³-hybridized carbons (Fsp3) is 1.00. The Morgan fingerprint density at radius 1 is 1.20 bits per heavy atom. The van der Waals surface area contributed by atoms with E-state index in [9.17, 15) is 5.11 Å². The first kappa shape index (κ1) is 14.8. The van der Waals surface area contributed by atoms with E-state index in [0.717, 1.165) is 32.3 Å². The molecule has 0 aromatic heterocycles. The minimum absolute atomic E-state index is 0.0858. The summed E-state index contributed by atoms with van der Waals surface area (Å²) in [4.78, 5) is 0. The number of rotatable bonds is 4. The van der Waals surface area contributed by atoms with Crippen molar-refractivity contribution >= 4 is 0 Å². The standard InChI is InChI=1S/C16H28O4/c1-2-19-16(7-10-18-11-8-16)14(17)13-4-9-20-15(12-13)5-3-6-15/h13-14,17H,2-12H2,1H3. The average molecular weight is 284 g/mol. The lowest BCUT2D eigenvalue weighted by Gasteiger charge is -2.51. The average Bonchev–Trinajstić information content (AvgIpc) is 2.46. The predicted octanol–water partition coefficient (Wildman–Crippen LogP) is 2.28. The molecular formula is C16H28O4. The van der Waals surface area contributed by atoms with Crippen LogP contribution in [0.2, 0.25) is 0 Å². The second-order valence-electron chi connectivity index (χ2n) is 6.69. The lowest BCUT2D eigenvalue weighted by molar-refractivity contribution is -0.210. The fourth-order valence-corrected chi connectivity index (χ4v) is 4.21. The van der Waals surface area contributed by atoms with Crippen molar-refractivity contribution < 1.29 is 19.3 Å². The van der Waals surface area contributed by atoms with Crippen molar-refractivity contribution in [3.63, 3.8) is 0 Å². The third-order valence-electron chi connectivity index (χ3n) is 5.55. The van der Waals surface area contributed by atoms with Crippen LogP contribution in [0.4, 0.5) is 0 Å². The van der Waals surface area contributed by atoms with Crippen LogP contribution >= 0.6 is 0 Å². The zero-order valence-electron chi connectivity index (χ0n) is 12.6. The Morgan fingerprint density at radius 2 is 1.95 bits per heavy atom. The first-order chi connectivity index (χ1) is 9.70. The van der Waals surface area contributed by atoms with Gasteiger partial charge in [0.25, 0.3) is 0 Å². The van der Waals surface area contributed by atoms with Gasteiger partial charge >= 0.3 is 0 Å². The molecule has 0 aromatic carbocycles. The summed E-state index contributed by atoms with van der Waals surface area (Å²) in [5, 5.41) is 11.0. The Bertz CT molecular complexity index is 315. The molecule has 3 fully saturated rings. The van der Waals surface area contributed by atoms with Crippen LogP contribution in [0, 0.1) is 5.92 Å². The van der Waals surface area contributed by atoms with Gasteiger partial charge in [-0.1, -0.05) is 0 Å². The molecule has 20 heavy (non-hydrogen) atoms. The number of aliphatic hydroxyl groups is 1. The molecule has 3 aliphatic rings. The predicted molar refractivity (Wildman–Crippen MR) is 75.7 cm³/mol. The SMILES string of the molecule is CCOC1(C(O)C2CCOC3(CCC3)C2)CCOCC1. The Morgan fingerprint density at radius 3 is 2.55 bits per heavy atom. The van der Waals surface area contributed by atoms with Crippen molar-refractivity contribution in [3.8, 4) is 0 Å². The van der Waals surface area contributed by atoms with E-state index in [4.69, 9.17) is 14.2 Å². The maximum absolute atomic E-state index is 11.0. The first-order valence-electron chi connectivity index (χ1n) is 8.23. The fourth-order valence-electron chi connectivity index (χ4n) is 4.21. The maximum Gasteiger partial charge on any atom is 0.0986 e. The lowest BCUT2D eigenvalue weighted by atomic mass is 9.68. The van der Waals surface area contributed by atoms with Crippen LogP contribution in [0.3, 0.4) is 0 Å². The molecule has 2 atom stereocenters.